The van der Waals surface area contributed by atoms with Crippen LogP contribution in [0.2, 0.25) is 0 Å². The van der Waals surface area contributed by atoms with Crippen molar-refractivity contribution in [3.8, 4) is 0 Å². The monoisotopic (exact) mass is 261 g/mol. The average Bonchev–Trinajstić information content (AvgIpc) is 2.83. The highest BCUT2D eigenvalue weighted by molar-refractivity contribution is 5.17. The lowest BCUT2D eigenvalue weighted by molar-refractivity contribution is -0.0841. The molecule has 2 heteroatoms. The maximum atomic E-state index is 6.17. The Morgan fingerprint density at radius 1 is 0.947 bits per heavy atom. The van der Waals surface area contributed by atoms with Crippen LogP contribution >= 0.6 is 0 Å². The molecule has 1 aliphatic heterocycles. The molecule has 2 nitrogen and oxygen atoms in total. The molecule has 5 rings (SSSR count). The molecule has 4 saturated carbocycles. The van der Waals surface area contributed by atoms with Crippen molar-refractivity contribution in [1.82, 2.24) is 5.32 Å². The van der Waals surface area contributed by atoms with E-state index >= 15 is 0 Å². The topological polar surface area (TPSA) is 21.3 Å². The molecule has 1 N–H and O–H groups in total. The highest BCUT2D eigenvalue weighted by Crippen LogP contribution is 2.65. The minimum absolute atomic E-state index is 0.291. The highest BCUT2D eigenvalue weighted by Gasteiger charge is 2.65. The molecule has 106 valence electrons. The molecule has 5 aliphatic rings. The Balaban J connectivity index is 1.23. The van der Waals surface area contributed by atoms with Crippen LogP contribution in [0.4, 0.5) is 0 Å². The summed E-state index contributed by atoms with van der Waals surface area (Å²) in [4.78, 5) is 0. The fourth-order valence-corrected chi connectivity index (χ4v) is 6.36. The van der Waals surface area contributed by atoms with Crippen molar-refractivity contribution in [2.24, 2.45) is 23.7 Å². The van der Waals surface area contributed by atoms with Crippen molar-refractivity contribution in [3.05, 3.63) is 0 Å². The summed E-state index contributed by atoms with van der Waals surface area (Å²) in [7, 11) is 0. The van der Waals surface area contributed by atoms with Gasteiger partial charge in [-0.2, -0.15) is 0 Å². The zero-order chi connectivity index (χ0) is 12.4. The average molecular weight is 261 g/mol. The van der Waals surface area contributed by atoms with Gasteiger partial charge in [0.15, 0.2) is 0 Å². The van der Waals surface area contributed by atoms with Crippen molar-refractivity contribution in [1.29, 1.82) is 0 Å². The molecule has 1 spiro atoms. The Morgan fingerprint density at radius 3 is 2.42 bits per heavy atom. The van der Waals surface area contributed by atoms with Gasteiger partial charge in [0.2, 0.25) is 0 Å². The summed E-state index contributed by atoms with van der Waals surface area (Å²) in [6.45, 7) is 1.01. The number of fused-ring (bicyclic) bond motifs is 5. The standard InChI is InChI=1S/C17H27NO/c1-2-7-17(6-1)10-13(5-8-19-17)18-16-14-11-3-4-12(9-11)15(14)16/h11-16,18H,1-10H2. The lowest BCUT2D eigenvalue weighted by atomic mass is 9.88. The lowest BCUT2D eigenvalue weighted by Crippen LogP contribution is -2.47. The van der Waals surface area contributed by atoms with E-state index in [4.69, 9.17) is 4.74 Å². The molecule has 1 heterocycles. The van der Waals surface area contributed by atoms with Gasteiger partial charge in [-0.05, 0) is 68.6 Å². The van der Waals surface area contributed by atoms with E-state index in [0.29, 0.717) is 5.60 Å². The molecule has 0 aromatic carbocycles. The zero-order valence-corrected chi connectivity index (χ0v) is 11.9. The molecule has 0 aromatic rings. The highest BCUT2D eigenvalue weighted by atomic mass is 16.5. The Bertz CT molecular complexity index is 359. The first-order valence-corrected chi connectivity index (χ1v) is 8.75. The molecular weight excluding hydrogens is 234 g/mol. The van der Waals surface area contributed by atoms with E-state index < -0.39 is 0 Å². The summed E-state index contributed by atoms with van der Waals surface area (Å²) in [5.41, 5.74) is 0.291. The Labute approximate surface area is 116 Å². The van der Waals surface area contributed by atoms with Crippen molar-refractivity contribution in [2.45, 2.75) is 75.5 Å². The van der Waals surface area contributed by atoms with Crippen LogP contribution in [0.15, 0.2) is 0 Å². The van der Waals surface area contributed by atoms with Gasteiger partial charge in [0.05, 0.1) is 5.60 Å². The molecule has 0 radical (unpaired) electrons. The third-order valence-corrected chi connectivity index (χ3v) is 7.17. The van der Waals surface area contributed by atoms with Crippen LogP contribution in [0.1, 0.15) is 57.8 Å². The van der Waals surface area contributed by atoms with Crippen molar-refractivity contribution in [3.63, 3.8) is 0 Å². The fourth-order valence-electron chi connectivity index (χ4n) is 6.36. The van der Waals surface area contributed by atoms with Crippen molar-refractivity contribution < 1.29 is 4.74 Å². The lowest BCUT2D eigenvalue weighted by Gasteiger charge is -2.39. The normalized spacial score (nSPS) is 53.7. The predicted octanol–water partition coefficient (Wildman–Crippen LogP) is 3.11. The van der Waals surface area contributed by atoms with Gasteiger partial charge < -0.3 is 10.1 Å². The molecule has 5 fully saturated rings. The van der Waals surface area contributed by atoms with E-state index in [-0.39, 0.29) is 0 Å². The van der Waals surface area contributed by atoms with Crippen LogP contribution in [-0.4, -0.2) is 24.3 Å². The van der Waals surface area contributed by atoms with Crippen molar-refractivity contribution >= 4 is 0 Å². The second-order valence-corrected chi connectivity index (χ2v) is 8.11. The molecule has 2 bridgehead atoms. The van der Waals surface area contributed by atoms with Crippen molar-refractivity contribution in [2.75, 3.05) is 6.61 Å². The third kappa shape index (κ3) is 1.68. The minimum atomic E-state index is 0.291. The van der Waals surface area contributed by atoms with E-state index in [1.165, 1.54) is 38.5 Å². The summed E-state index contributed by atoms with van der Waals surface area (Å²) in [5.74, 6) is 4.38. The van der Waals surface area contributed by atoms with Crippen LogP contribution < -0.4 is 5.32 Å². The predicted molar refractivity (Wildman–Crippen MR) is 74.9 cm³/mol. The first kappa shape index (κ1) is 11.6. The number of nitrogens with one attached hydrogen (secondary N) is 1. The summed E-state index contributed by atoms with van der Waals surface area (Å²) in [5, 5.41) is 4.07. The van der Waals surface area contributed by atoms with E-state index in [9.17, 15) is 0 Å². The van der Waals surface area contributed by atoms with E-state index in [2.05, 4.69) is 5.32 Å². The number of hydrogen-bond acceptors (Lipinski definition) is 2. The van der Waals surface area contributed by atoms with Gasteiger partial charge in [-0.15, -0.1) is 0 Å². The minimum Gasteiger partial charge on any atom is -0.375 e. The Kier molecular flexibility index (Phi) is 2.42. The molecule has 5 atom stereocenters. The summed E-state index contributed by atoms with van der Waals surface area (Å²) in [6.07, 6.45) is 12.7. The third-order valence-electron chi connectivity index (χ3n) is 7.17. The second kappa shape index (κ2) is 3.98. The van der Waals surface area contributed by atoms with Crippen LogP contribution in [0.25, 0.3) is 0 Å². The van der Waals surface area contributed by atoms with Gasteiger partial charge in [-0.25, -0.2) is 0 Å². The van der Waals surface area contributed by atoms with E-state index in [1.54, 1.807) is 19.3 Å². The summed E-state index contributed by atoms with van der Waals surface area (Å²) < 4.78 is 6.17. The first-order valence-electron chi connectivity index (χ1n) is 8.75. The van der Waals surface area contributed by atoms with Gasteiger partial charge in [-0.1, -0.05) is 12.8 Å². The second-order valence-electron chi connectivity index (χ2n) is 8.11. The molecule has 0 aromatic heterocycles. The smallest absolute Gasteiger partial charge is 0.0697 e. The zero-order valence-electron chi connectivity index (χ0n) is 11.9. The van der Waals surface area contributed by atoms with Crippen LogP contribution in [0.3, 0.4) is 0 Å². The van der Waals surface area contributed by atoms with Gasteiger partial charge in [0, 0.05) is 18.7 Å². The van der Waals surface area contributed by atoms with E-state index in [0.717, 1.165) is 42.4 Å². The molecule has 4 aliphatic carbocycles. The largest absolute Gasteiger partial charge is 0.375 e. The maximum absolute atomic E-state index is 6.17. The fraction of sp³-hybridized carbons (Fsp3) is 1.00. The number of rotatable bonds is 2. The number of hydrogen-bond donors (Lipinski definition) is 1. The molecule has 0 amide bonds. The SMILES string of the molecule is C1CCC2(C1)CC(NC1C3C4CCC(C4)C13)CCO2. The summed E-state index contributed by atoms with van der Waals surface area (Å²) in [6, 6.07) is 1.68. The maximum Gasteiger partial charge on any atom is 0.0697 e. The van der Waals surface area contributed by atoms with E-state index in [1.807, 2.05) is 0 Å². The molecular formula is C17H27NO. The van der Waals surface area contributed by atoms with Gasteiger partial charge >= 0.3 is 0 Å². The van der Waals surface area contributed by atoms with Crippen LogP contribution in [0.5, 0.6) is 0 Å². The molecule has 5 unspecified atom stereocenters. The molecule has 19 heavy (non-hydrogen) atoms. The van der Waals surface area contributed by atoms with Crippen LogP contribution in [0, 0.1) is 23.7 Å². The first-order chi connectivity index (χ1) is 9.35. The van der Waals surface area contributed by atoms with Gasteiger partial charge in [0.1, 0.15) is 0 Å². The Morgan fingerprint density at radius 2 is 1.68 bits per heavy atom. The molecule has 1 saturated heterocycles. The quantitative estimate of drug-likeness (QED) is 0.824. The van der Waals surface area contributed by atoms with Gasteiger partial charge in [0.25, 0.3) is 0 Å². The summed E-state index contributed by atoms with van der Waals surface area (Å²) >= 11 is 0. The number of ether oxygens (including phenoxy) is 1. The van der Waals surface area contributed by atoms with Crippen LogP contribution in [-0.2, 0) is 4.74 Å². The van der Waals surface area contributed by atoms with Gasteiger partial charge in [-0.3, -0.25) is 0 Å². The Hall–Kier alpha value is -0.0800.